The van der Waals surface area contributed by atoms with Crippen molar-refractivity contribution in [2.24, 2.45) is 11.1 Å². The summed E-state index contributed by atoms with van der Waals surface area (Å²) in [5, 5.41) is 0. The van der Waals surface area contributed by atoms with Crippen LogP contribution in [0.3, 0.4) is 0 Å². The predicted octanol–water partition coefficient (Wildman–Crippen LogP) is 0.605. The van der Waals surface area contributed by atoms with Gasteiger partial charge in [0.1, 0.15) is 5.75 Å². The van der Waals surface area contributed by atoms with Gasteiger partial charge < -0.3 is 15.5 Å². The molecule has 140 valence electrons. The number of hydrogen-bond acceptors (Lipinski definition) is 5. The lowest BCUT2D eigenvalue weighted by atomic mass is 9.93. The number of nitrogens with zero attached hydrogens (tertiary/aromatic N) is 2. The van der Waals surface area contributed by atoms with Gasteiger partial charge in [-0.25, -0.2) is 8.42 Å². The smallest absolute Gasteiger partial charge is 0.253 e. The molecule has 25 heavy (non-hydrogen) atoms. The van der Waals surface area contributed by atoms with Crippen LogP contribution in [0.4, 0.5) is 0 Å². The fourth-order valence-electron chi connectivity index (χ4n) is 2.18. The summed E-state index contributed by atoms with van der Waals surface area (Å²) in [6.45, 7) is 4.86. The highest BCUT2D eigenvalue weighted by Crippen LogP contribution is 2.17. The van der Waals surface area contributed by atoms with E-state index in [1.807, 2.05) is 13.8 Å². The summed E-state index contributed by atoms with van der Waals surface area (Å²) in [5.74, 6) is -1.31. The average Bonchev–Trinajstić information content (AvgIpc) is 2.53. The molecule has 0 aliphatic heterocycles. The lowest BCUT2D eigenvalue weighted by Gasteiger charge is -2.29. The van der Waals surface area contributed by atoms with Gasteiger partial charge in [0.25, 0.3) is 5.91 Å². The third-order valence-corrected chi connectivity index (χ3v) is 5.45. The molecule has 0 unspecified atom stereocenters. The molecular weight excluding hydrogens is 342 g/mol. The number of rotatable bonds is 7. The van der Waals surface area contributed by atoms with Crippen LogP contribution in [0.25, 0.3) is 0 Å². The highest BCUT2D eigenvalue weighted by Gasteiger charge is 2.23. The number of hydrogen-bond donors (Lipinski definition) is 1. The van der Waals surface area contributed by atoms with Crippen molar-refractivity contribution in [1.82, 2.24) is 9.80 Å². The zero-order chi connectivity index (χ0) is 19.4. The Morgan fingerprint density at radius 3 is 2.04 bits per heavy atom. The lowest BCUT2D eigenvalue weighted by molar-refractivity contribution is -0.125. The molecule has 0 fully saturated rings. The summed E-state index contributed by atoms with van der Waals surface area (Å²) < 4.78 is 24.5. The summed E-state index contributed by atoms with van der Waals surface area (Å²) >= 11 is 0. The Bertz CT molecular complexity index is 725. The van der Waals surface area contributed by atoms with Crippen LogP contribution in [0.15, 0.2) is 29.2 Å². The van der Waals surface area contributed by atoms with Crippen LogP contribution >= 0.6 is 0 Å². The second-order valence-corrected chi connectivity index (χ2v) is 9.09. The van der Waals surface area contributed by atoms with E-state index in [2.05, 4.69) is 0 Å². The number of benzene rings is 1. The number of carbonyl (C=O) groups excluding carboxylic acids is 2. The van der Waals surface area contributed by atoms with Gasteiger partial charge in [0.15, 0.2) is 9.84 Å². The number of nitrogens with two attached hydrogens (primary N) is 1. The van der Waals surface area contributed by atoms with E-state index in [4.69, 9.17) is 5.73 Å². The maximum atomic E-state index is 12.4. The van der Waals surface area contributed by atoms with E-state index < -0.39 is 21.5 Å². The van der Waals surface area contributed by atoms with Gasteiger partial charge in [0.05, 0.1) is 4.90 Å². The number of sulfone groups is 1. The van der Waals surface area contributed by atoms with Crippen molar-refractivity contribution in [3.63, 3.8) is 0 Å². The maximum Gasteiger partial charge on any atom is 0.253 e. The average molecular weight is 369 g/mol. The molecular formula is C17H27N3O4S. The van der Waals surface area contributed by atoms with E-state index in [1.54, 1.807) is 11.9 Å². The van der Waals surface area contributed by atoms with Crippen molar-refractivity contribution in [2.75, 3.05) is 40.0 Å². The van der Waals surface area contributed by atoms with E-state index in [9.17, 15) is 18.0 Å². The third-order valence-electron chi connectivity index (χ3n) is 3.84. The fourth-order valence-corrected chi connectivity index (χ4v) is 3.48. The summed E-state index contributed by atoms with van der Waals surface area (Å²) in [6.07, 6.45) is 0. The van der Waals surface area contributed by atoms with Gasteiger partial charge in [-0.05, 0) is 36.2 Å². The largest absolute Gasteiger partial charge is 0.348 e. The van der Waals surface area contributed by atoms with Crippen LogP contribution in [0.5, 0.6) is 0 Å². The number of amides is 2. The maximum absolute atomic E-state index is 12.4. The van der Waals surface area contributed by atoms with Gasteiger partial charge >= 0.3 is 0 Å². The van der Waals surface area contributed by atoms with Crippen molar-refractivity contribution < 1.29 is 18.0 Å². The molecule has 7 nitrogen and oxygen atoms in total. The topological polar surface area (TPSA) is 101 Å². The van der Waals surface area contributed by atoms with Gasteiger partial charge in [-0.15, -0.1) is 0 Å². The molecule has 0 bridgehead atoms. The van der Waals surface area contributed by atoms with Crippen LogP contribution < -0.4 is 5.73 Å². The molecule has 0 heterocycles. The molecule has 0 radical (unpaired) electrons. The third kappa shape index (κ3) is 5.82. The minimum atomic E-state index is -3.73. The molecule has 0 saturated carbocycles. The van der Waals surface area contributed by atoms with E-state index in [0.29, 0.717) is 18.7 Å². The van der Waals surface area contributed by atoms with Gasteiger partial charge in [-0.3, -0.25) is 9.59 Å². The molecule has 0 aliphatic carbocycles. The quantitative estimate of drug-likeness (QED) is 0.759. The molecule has 2 amide bonds. The minimum Gasteiger partial charge on any atom is -0.348 e. The van der Waals surface area contributed by atoms with Crippen molar-refractivity contribution in [3.8, 4) is 0 Å². The summed E-state index contributed by atoms with van der Waals surface area (Å²) in [6, 6.07) is 5.63. The fraction of sp³-hybridized carbons (Fsp3) is 0.529. The summed E-state index contributed by atoms with van der Waals surface area (Å²) in [7, 11) is 0.945. The summed E-state index contributed by atoms with van der Waals surface area (Å²) in [4.78, 5) is 26.9. The van der Waals surface area contributed by atoms with Gasteiger partial charge in [0.2, 0.25) is 5.91 Å². The van der Waals surface area contributed by atoms with Gasteiger partial charge in [-0.2, -0.15) is 0 Å². The van der Waals surface area contributed by atoms with E-state index in [1.165, 1.54) is 43.3 Å². The molecule has 1 rings (SSSR count). The van der Waals surface area contributed by atoms with Crippen molar-refractivity contribution in [2.45, 2.75) is 18.7 Å². The second-order valence-electron chi connectivity index (χ2n) is 7.10. The Kier molecular flexibility index (Phi) is 6.73. The zero-order valence-electron chi connectivity index (χ0n) is 15.4. The Morgan fingerprint density at radius 2 is 1.60 bits per heavy atom. The van der Waals surface area contributed by atoms with E-state index in [-0.39, 0.29) is 16.2 Å². The first-order chi connectivity index (χ1) is 11.4. The molecule has 0 atom stereocenters. The zero-order valence-corrected chi connectivity index (χ0v) is 16.3. The standard InChI is InChI=1S/C17H27N3O4S/c1-17(2,11-18)12-20(5)16(22)13-6-8-14(9-7-13)25(23,24)10-15(21)19(3)4/h6-9H,10-12,18H2,1-5H3. The summed E-state index contributed by atoms with van der Waals surface area (Å²) in [5.41, 5.74) is 5.86. The Labute approximate surface area is 149 Å². The Hall–Kier alpha value is -1.93. The first-order valence-corrected chi connectivity index (χ1v) is 9.53. The molecule has 0 spiro atoms. The molecule has 0 aliphatic rings. The van der Waals surface area contributed by atoms with Crippen LogP contribution in [0, 0.1) is 5.41 Å². The SMILES string of the molecule is CN(C)C(=O)CS(=O)(=O)c1ccc(C(=O)N(C)CC(C)(C)CN)cc1. The highest BCUT2D eigenvalue weighted by atomic mass is 32.2. The van der Waals surface area contributed by atoms with Crippen molar-refractivity contribution >= 4 is 21.7 Å². The Balaban J connectivity index is 2.92. The van der Waals surface area contributed by atoms with Crippen LogP contribution in [-0.4, -0.2) is 70.0 Å². The normalized spacial score (nSPS) is 11.9. The molecule has 1 aromatic carbocycles. The monoisotopic (exact) mass is 369 g/mol. The Morgan fingerprint density at radius 1 is 1.08 bits per heavy atom. The highest BCUT2D eigenvalue weighted by molar-refractivity contribution is 7.92. The van der Waals surface area contributed by atoms with Crippen molar-refractivity contribution in [1.29, 1.82) is 0 Å². The molecule has 0 aromatic heterocycles. The molecule has 8 heteroatoms. The molecule has 1 aromatic rings. The number of carbonyl (C=O) groups is 2. The van der Waals surface area contributed by atoms with Crippen LogP contribution in [0.1, 0.15) is 24.2 Å². The van der Waals surface area contributed by atoms with Gasteiger partial charge in [-0.1, -0.05) is 13.8 Å². The first kappa shape index (κ1) is 21.1. The minimum absolute atomic E-state index is 0.0178. The van der Waals surface area contributed by atoms with E-state index in [0.717, 1.165) is 0 Å². The predicted molar refractivity (Wildman–Crippen MR) is 97.0 cm³/mol. The van der Waals surface area contributed by atoms with Crippen molar-refractivity contribution in [3.05, 3.63) is 29.8 Å². The van der Waals surface area contributed by atoms with Gasteiger partial charge in [0, 0.05) is 33.3 Å². The second kappa shape index (κ2) is 7.97. The van der Waals surface area contributed by atoms with Crippen LogP contribution in [-0.2, 0) is 14.6 Å². The van der Waals surface area contributed by atoms with E-state index >= 15 is 0 Å². The molecule has 0 saturated heterocycles. The van der Waals surface area contributed by atoms with Crippen LogP contribution in [0.2, 0.25) is 0 Å². The lowest BCUT2D eigenvalue weighted by Crippen LogP contribution is -2.39. The molecule has 2 N–H and O–H groups in total. The first-order valence-electron chi connectivity index (χ1n) is 7.88.